The Labute approximate surface area is 220 Å². The van der Waals surface area contributed by atoms with E-state index >= 15 is 0 Å². The summed E-state index contributed by atoms with van der Waals surface area (Å²) in [5.41, 5.74) is 3.29. The van der Waals surface area contributed by atoms with Gasteiger partial charge in [0.25, 0.3) is 5.91 Å². The second kappa shape index (κ2) is 10.2. The minimum Gasteiger partial charge on any atom is -0.480 e. The fourth-order valence-electron chi connectivity index (χ4n) is 4.21. The van der Waals surface area contributed by atoms with Gasteiger partial charge >= 0.3 is 12.3 Å². The molecule has 3 N–H and O–H groups in total. The number of nitrogens with one attached hydrogen (secondary N) is 1. The molecule has 4 heterocycles. The molecule has 4 rings (SSSR count). The normalized spacial score (nSPS) is 18.2. The molecule has 0 aliphatic carbocycles. The summed E-state index contributed by atoms with van der Waals surface area (Å²) in [5.74, 6) is -1.33. The third-order valence-corrected chi connectivity index (χ3v) is 5.97. The molecule has 2 amide bonds. The topological polar surface area (TPSA) is 137 Å². The Bertz CT molecular complexity index is 1400. The van der Waals surface area contributed by atoms with E-state index in [1.165, 1.54) is 24.3 Å². The van der Waals surface area contributed by atoms with Crippen molar-refractivity contribution in [1.82, 2.24) is 29.8 Å². The third kappa shape index (κ3) is 5.81. The fraction of sp³-hybridized carbons (Fsp3) is 0.458. The van der Waals surface area contributed by atoms with Gasteiger partial charge in [0.1, 0.15) is 29.2 Å². The highest BCUT2D eigenvalue weighted by Crippen LogP contribution is 2.39. The molecule has 15 heteroatoms. The maximum absolute atomic E-state index is 14.8. The first-order chi connectivity index (χ1) is 18.2. The number of nitrogen functional groups attached to an aromatic ring is 1. The minimum atomic E-state index is -4.76. The predicted molar refractivity (Wildman–Crippen MR) is 131 cm³/mol. The Hall–Kier alpha value is -4.17. The van der Waals surface area contributed by atoms with Gasteiger partial charge in [-0.1, -0.05) is 0 Å². The van der Waals surface area contributed by atoms with E-state index in [0.29, 0.717) is 0 Å². The SMILES string of the molecule is COc1ncc(-c2cc(C(F)(F)F)c3c(N)ncnn23)cc1C(=O)NC1CN(C(=O)OC(C)(C)C)CCC1F. The molecule has 39 heavy (non-hydrogen) atoms. The first-order valence-corrected chi connectivity index (χ1v) is 11.9. The Balaban J connectivity index is 1.66. The molecule has 1 aliphatic heterocycles. The van der Waals surface area contributed by atoms with Gasteiger partial charge in [-0.2, -0.15) is 18.3 Å². The van der Waals surface area contributed by atoms with Crippen LogP contribution in [0, 0.1) is 0 Å². The average molecular weight is 554 g/mol. The van der Waals surface area contributed by atoms with Gasteiger partial charge < -0.3 is 25.4 Å². The molecule has 1 fully saturated rings. The van der Waals surface area contributed by atoms with Crippen molar-refractivity contribution in [3.8, 4) is 17.1 Å². The van der Waals surface area contributed by atoms with Gasteiger partial charge in [-0.05, 0) is 39.3 Å². The van der Waals surface area contributed by atoms with Gasteiger partial charge in [0.05, 0.1) is 24.4 Å². The van der Waals surface area contributed by atoms with E-state index in [-0.39, 0.29) is 48.0 Å². The Morgan fingerprint density at radius 3 is 2.54 bits per heavy atom. The molecule has 2 atom stereocenters. The molecular weight excluding hydrogens is 526 g/mol. The number of carbonyl (C=O) groups is 2. The second-order valence-electron chi connectivity index (χ2n) is 9.94. The quantitative estimate of drug-likeness (QED) is 0.469. The number of nitrogens with two attached hydrogens (primary N) is 1. The summed E-state index contributed by atoms with van der Waals surface area (Å²) in [6, 6.07) is 0.997. The van der Waals surface area contributed by atoms with Crippen molar-refractivity contribution in [1.29, 1.82) is 0 Å². The number of hydrogen-bond acceptors (Lipinski definition) is 8. The number of anilines is 1. The lowest BCUT2D eigenvalue weighted by Crippen LogP contribution is -2.55. The van der Waals surface area contributed by atoms with Crippen LogP contribution in [-0.2, 0) is 10.9 Å². The van der Waals surface area contributed by atoms with Crippen molar-refractivity contribution in [2.45, 2.75) is 51.2 Å². The van der Waals surface area contributed by atoms with Gasteiger partial charge in [-0.25, -0.2) is 23.7 Å². The molecule has 2 unspecified atom stereocenters. The van der Waals surface area contributed by atoms with Crippen LogP contribution in [0.5, 0.6) is 5.88 Å². The largest absolute Gasteiger partial charge is 0.480 e. The number of alkyl halides is 4. The lowest BCUT2D eigenvalue weighted by molar-refractivity contribution is -0.136. The number of aromatic nitrogens is 4. The van der Waals surface area contributed by atoms with Gasteiger partial charge in [-0.15, -0.1) is 0 Å². The van der Waals surface area contributed by atoms with Crippen LogP contribution in [0.1, 0.15) is 43.1 Å². The minimum absolute atomic E-state index is 0.0306. The lowest BCUT2D eigenvalue weighted by Gasteiger charge is -2.36. The van der Waals surface area contributed by atoms with Gasteiger partial charge in [-0.3, -0.25) is 4.79 Å². The summed E-state index contributed by atoms with van der Waals surface area (Å²) in [5, 5.41) is 6.44. The first-order valence-electron chi connectivity index (χ1n) is 11.9. The van der Waals surface area contributed by atoms with Crippen LogP contribution < -0.4 is 15.8 Å². The summed E-state index contributed by atoms with van der Waals surface area (Å²) in [6.45, 7) is 5.06. The molecule has 0 spiro atoms. The molecule has 0 bridgehead atoms. The summed E-state index contributed by atoms with van der Waals surface area (Å²) < 4.78 is 67.4. The molecule has 3 aromatic heterocycles. The van der Waals surface area contributed by atoms with Gasteiger partial charge in [0.15, 0.2) is 5.82 Å². The molecule has 0 saturated carbocycles. The van der Waals surface area contributed by atoms with E-state index in [0.717, 1.165) is 16.9 Å². The fourth-order valence-corrected chi connectivity index (χ4v) is 4.21. The number of hydrogen-bond donors (Lipinski definition) is 2. The highest BCUT2D eigenvalue weighted by Gasteiger charge is 2.37. The lowest BCUT2D eigenvalue weighted by atomic mass is 10.0. The molecule has 0 aromatic carbocycles. The van der Waals surface area contributed by atoms with E-state index in [1.807, 2.05) is 0 Å². The number of likely N-dealkylation sites (tertiary alicyclic amines) is 1. The zero-order valence-corrected chi connectivity index (χ0v) is 21.5. The highest BCUT2D eigenvalue weighted by atomic mass is 19.4. The van der Waals surface area contributed by atoms with Crippen LogP contribution in [0.4, 0.5) is 28.2 Å². The number of piperidine rings is 1. The molecule has 3 aromatic rings. The van der Waals surface area contributed by atoms with E-state index in [9.17, 15) is 27.2 Å². The number of amides is 2. The van der Waals surface area contributed by atoms with Crippen molar-refractivity contribution < 1.29 is 36.6 Å². The number of carbonyl (C=O) groups excluding carboxylic acids is 2. The number of methoxy groups -OCH3 is 1. The zero-order valence-electron chi connectivity index (χ0n) is 21.5. The van der Waals surface area contributed by atoms with E-state index in [4.69, 9.17) is 15.2 Å². The van der Waals surface area contributed by atoms with Crippen LogP contribution in [-0.4, -0.2) is 74.5 Å². The van der Waals surface area contributed by atoms with Crippen molar-refractivity contribution in [3.63, 3.8) is 0 Å². The van der Waals surface area contributed by atoms with Crippen LogP contribution in [0.3, 0.4) is 0 Å². The number of ether oxygens (including phenoxy) is 2. The molecular formula is C24H27F4N7O4. The first kappa shape index (κ1) is 27.9. The zero-order chi connectivity index (χ0) is 28.7. The highest BCUT2D eigenvalue weighted by molar-refractivity contribution is 5.98. The van der Waals surface area contributed by atoms with Gasteiger partial charge in [0.2, 0.25) is 5.88 Å². The summed E-state index contributed by atoms with van der Waals surface area (Å²) in [4.78, 5) is 34.7. The number of pyridine rings is 1. The molecule has 1 saturated heterocycles. The van der Waals surface area contributed by atoms with Crippen LogP contribution in [0.15, 0.2) is 24.7 Å². The predicted octanol–water partition coefficient (Wildman–Crippen LogP) is 3.48. The van der Waals surface area contributed by atoms with E-state index in [1.54, 1.807) is 20.8 Å². The van der Waals surface area contributed by atoms with Gasteiger partial charge in [0, 0.05) is 24.8 Å². The smallest absolute Gasteiger partial charge is 0.418 e. The van der Waals surface area contributed by atoms with E-state index in [2.05, 4.69) is 20.4 Å². The van der Waals surface area contributed by atoms with Crippen molar-refractivity contribution in [2.75, 3.05) is 25.9 Å². The number of nitrogens with zero attached hydrogens (tertiary/aromatic N) is 5. The average Bonchev–Trinajstić information content (AvgIpc) is 3.25. The van der Waals surface area contributed by atoms with Crippen LogP contribution >= 0.6 is 0 Å². The Morgan fingerprint density at radius 1 is 1.18 bits per heavy atom. The second-order valence-corrected chi connectivity index (χ2v) is 9.94. The van der Waals surface area contributed by atoms with Crippen molar-refractivity contribution in [3.05, 3.63) is 35.8 Å². The standard InChI is InChI=1S/C24H27F4N7O4/c1-23(2,3)39-22(37)34-6-5-15(25)16(10-34)33-20(36)13-7-12(9-30-21(13)38-4)17-8-14(24(26,27)28)18-19(29)31-11-32-35(17)18/h7-9,11,15-16H,5-6,10H2,1-4H3,(H,33,36)(H2,29,31,32). The summed E-state index contributed by atoms with van der Waals surface area (Å²) in [6.07, 6.45) is -4.69. The molecule has 1 aliphatic rings. The Morgan fingerprint density at radius 2 is 1.90 bits per heavy atom. The maximum atomic E-state index is 14.8. The molecule has 0 radical (unpaired) electrons. The number of fused-ring (bicyclic) bond motifs is 1. The number of halogens is 4. The Kier molecular flexibility index (Phi) is 7.27. The van der Waals surface area contributed by atoms with E-state index < -0.39 is 47.1 Å². The summed E-state index contributed by atoms with van der Waals surface area (Å²) in [7, 11) is 1.25. The maximum Gasteiger partial charge on any atom is 0.418 e. The van der Waals surface area contributed by atoms with Crippen molar-refractivity contribution in [2.24, 2.45) is 0 Å². The summed E-state index contributed by atoms with van der Waals surface area (Å²) >= 11 is 0. The van der Waals surface area contributed by atoms with Crippen LogP contribution in [0.2, 0.25) is 0 Å². The molecule has 11 nitrogen and oxygen atoms in total. The van der Waals surface area contributed by atoms with Crippen molar-refractivity contribution >= 4 is 23.3 Å². The number of rotatable bonds is 4. The third-order valence-electron chi connectivity index (χ3n) is 5.97. The monoisotopic (exact) mass is 553 g/mol. The molecule has 210 valence electrons. The van der Waals surface area contributed by atoms with Crippen LogP contribution in [0.25, 0.3) is 16.8 Å².